The number of amides is 2. The molecule has 5 nitrogen and oxygen atoms in total. The van der Waals surface area contributed by atoms with Gasteiger partial charge in [-0.15, -0.1) is 0 Å². The Morgan fingerprint density at radius 2 is 1.61 bits per heavy atom. The van der Waals surface area contributed by atoms with Crippen LogP contribution in [0.4, 0.5) is 5.69 Å². The first-order valence-corrected chi connectivity index (χ1v) is 11.7. The molecule has 1 unspecified atom stereocenters. The molecule has 2 fully saturated rings. The first kappa shape index (κ1) is 21.6. The van der Waals surface area contributed by atoms with Gasteiger partial charge in [-0.25, -0.2) is 0 Å². The molecule has 164 valence electrons. The van der Waals surface area contributed by atoms with Crippen LogP contribution in [-0.2, 0) is 11.3 Å². The third kappa shape index (κ3) is 5.95. The van der Waals surface area contributed by atoms with E-state index in [0.717, 1.165) is 45.3 Å². The summed E-state index contributed by atoms with van der Waals surface area (Å²) >= 11 is 0. The fraction of sp³-hybridized carbons (Fsp3) is 0.462. The standard InChI is InChI=1S/C26H33N3O2/c30-25(21-12-9-17-29(19-21)18-20-10-3-1-4-11-20)28-24-16-8-7-15-23(24)26(31)27-22-13-5-2-6-14-22/h1,3-4,7-8,10-11,15-16,21-22H,2,5-6,9,12-14,17-19H2,(H,27,31)(H,28,30). The second-order valence-corrected chi connectivity index (χ2v) is 8.90. The topological polar surface area (TPSA) is 61.4 Å². The fourth-order valence-electron chi connectivity index (χ4n) is 4.79. The van der Waals surface area contributed by atoms with Crippen LogP contribution in [0.25, 0.3) is 0 Å². The predicted molar refractivity (Wildman–Crippen MR) is 124 cm³/mol. The molecule has 31 heavy (non-hydrogen) atoms. The third-order valence-electron chi connectivity index (χ3n) is 6.50. The number of piperidine rings is 1. The number of carbonyl (C=O) groups is 2. The summed E-state index contributed by atoms with van der Waals surface area (Å²) in [4.78, 5) is 28.3. The zero-order valence-corrected chi connectivity index (χ0v) is 18.2. The lowest BCUT2D eigenvalue weighted by molar-refractivity contribution is -0.121. The highest BCUT2D eigenvalue weighted by Crippen LogP contribution is 2.23. The number of benzene rings is 2. The maximum Gasteiger partial charge on any atom is 0.253 e. The molecule has 1 saturated heterocycles. The zero-order chi connectivity index (χ0) is 21.5. The molecule has 0 aromatic heterocycles. The van der Waals surface area contributed by atoms with Crippen LogP contribution < -0.4 is 10.6 Å². The maximum atomic E-state index is 13.1. The molecule has 2 aromatic carbocycles. The van der Waals surface area contributed by atoms with Crippen LogP contribution in [-0.4, -0.2) is 35.8 Å². The SMILES string of the molecule is O=C(NC1CCCCC1)c1ccccc1NC(=O)C1CCCN(Cc2ccccc2)C1. The summed E-state index contributed by atoms with van der Waals surface area (Å²) in [6.07, 6.45) is 7.57. The van der Waals surface area contributed by atoms with Crippen LogP contribution in [0.5, 0.6) is 0 Å². The van der Waals surface area contributed by atoms with Gasteiger partial charge in [0, 0.05) is 19.1 Å². The van der Waals surface area contributed by atoms with Gasteiger partial charge in [-0.05, 0) is 49.9 Å². The van der Waals surface area contributed by atoms with E-state index in [9.17, 15) is 9.59 Å². The quantitative estimate of drug-likeness (QED) is 0.719. The molecule has 0 spiro atoms. The number of rotatable bonds is 6. The van der Waals surface area contributed by atoms with E-state index in [2.05, 4.69) is 39.8 Å². The first-order valence-electron chi connectivity index (χ1n) is 11.7. The maximum absolute atomic E-state index is 13.1. The van der Waals surface area contributed by atoms with Crippen LogP contribution in [0, 0.1) is 5.92 Å². The first-order chi connectivity index (χ1) is 15.2. The van der Waals surface area contributed by atoms with Gasteiger partial charge >= 0.3 is 0 Å². The fourth-order valence-corrected chi connectivity index (χ4v) is 4.79. The van der Waals surface area contributed by atoms with Gasteiger partial charge in [0.05, 0.1) is 17.2 Å². The molecule has 2 amide bonds. The number of hydrogen-bond acceptors (Lipinski definition) is 3. The van der Waals surface area contributed by atoms with E-state index in [4.69, 9.17) is 0 Å². The van der Waals surface area contributed by atoms with Crippen LogP contribution in [0.1, 0.15) is 60.9 Å². The number of carbonyl (C=O) groups excluding carboxylic acids is 2. The Balaban J connectivity index is 1.37. The van der Waals surface area contributed by atoms with Gasteiger partial charge in [0.15, 0.2) is 0 Å². The minimum atomic E-state index is -0.0860. The molecule has 1 aliphatic carbocycles. The number of nitrogens with one attached hydrogen (secondary N) is 2. The molecule has 1 aliphatic heterocycles. The van der Waals surface area contributed by atoms with Gasteiger partial charge in [0.25, 0.3) is 5.91 Å². The highest BCUT2D eigenvalue weighted by molar-refractivity contribution is 6.04. The Labute approximate surface area is 185 Å². The Morgan fingerprint density at radius 3 is 2.42 bits per heavy atom. The number of para-hydroxylation sites is 1. The van der Waals surface area contributed by atoms with Crippen molar-refractivity contribution in [1.29, 1.82) is 0 Å². The zero-order valence-electron chi connectivity index (χ0n) is 18.2. The average Bonchev–Trinajstić information content (AvgIpc) is 2.81. The molecule has 0 radical (unpaired) electrons. The Hall–Kier alpha value is -2.66. The van der Waals surface area contributed by atoms with Gasteiger partial charge in [-0.3, -0.25) is 14.5 Å². The van der Waals surface area contributed by atoms with Crippen molar-refractivity contribution < 1.29 is 9.59 Å². The molecule has 1 saturated carbocycles. The van der Waals surface area contributed by atoms with E-state index < -0.39 is 0 Å². The van der Waals surface area contributed by atoms with E-state index in [0.29, 0.717) is 11.3 Å². The van der Waals surface area contributed by atoms with Crippen molar-refractivity contribution in [1.82, 2.24) is 10.2 Å². The molecule has 1 heterocycles. The Kier molecular flexibility index (Phi) is 7.36. The molecule has 2 N–H and O–H groups in total. The van der Waals surface area contributed by atoms with Crippen LogP contribution in [0.15, 0.2) is 54.6 Å². The molecular weight excluding hydrogens is 386 g/mol. The molecule has 0 bridgehead atoms. The molecular formula is C26H33N3O2. The second kappa shape index (κ2) is 10.6. The molecule has 2 aliphatic rings. The Morgan fingerprint density at radius 1 is 0.871 bits per heavy atom. The van der Waals surface area contributed by atoms with Crippen molar-refractivity contribution in [3.05, 3.63) is 65.7 Å². The van der Waals surface area contributed by atoms with Crippen LogP contribution in [0.2, 0.25) is 0 Å². The molecule has 4 rings (SSSR count). The summed E-state index contributed by atoms with van der Waals surface area (Å²) in [5.41, 5.74) is 2.44. The monoisotopic (exact) mass is 419 g/mol. The van der Waals surface area contributed by atoms with Gasteiger partial charge in [-0.1, -0.05) is 61.7 Å². The van der Waals surface area contributed by atoms with E-state index >= 15 is 0 Å². The normalized spacial score (nSPS) is 20.2. The minimum absolute atomic E-state index is 0.00989. The summed E-state index contributed by atoms with van der Waals surface area (Å²) in [7, 11) is 0. The average molecular weight is 420 g/mol. The van der Waals surface area contributed by atoms with Crippen molar-refractivity contribution in [2.45, 2.75) is 57.5 Å². The summed E-state index contributed by atoms with van der Waals surface area (Å²) < 4.78 is 0. The van der Waals surface area contributed by atoms with Crippen molar-refractivity contribution in [2.75, 3.05) is 18.4 Å². The van der Waals surface area contributed by atoms with Crippen molar-refractivity contribution in [3.63, 3.8) is 0 Å². The second-order valence-electron chi connectivity index (χ2n) is 8.90. The molecule has 5 heteroatoms. The van der Waals surface area contributed by atoms with Crippen molar-refractivity contribution in [3.8, 4) is 0 Å². The van der Waals surface area contributed by atoms with Gasteiger partial charge in [0.1, 0.15) is 0 Å². The summed E-state index contributed by atoms with van der Waals surface area (Å²) in [5, 5.41) is 6.22. The van der Waals surface area contributed by atoms with Gasteiger partial charge in [-0.2, -0.15) is 0 Å². The lowest BCUT2D eigenvalue weighted by Gasteiger charge is -2.32. The predicted octanol–water partition coefficient (Wildman–Crippen LogP) is 4.60. The molecule has 2 aromatic rings. The number of likely N-dealkylation sites (tertiary alicyclic amines) is 1. The highest BCUT2D eigenvalue weighted by Gasteiger charge is 2.27. The van der Waals surface area contributed by atoms with E-state index in [-0.39, 0.29) is 23.8 Å². The minimum Gasteiger partial charge on any atom is -0.349 e. The van der Waals surface area contributed by atoms with Gasteiger partial charge < -0.3 is 10.6 Å². The summed E-state index contributed by atoms with van der Waals surface area (Å²) in [6.45, 7) is 2.63. The lowest BCUT2D eigenvalue weighted by Crippen LogP contribution is -2.40. The van der Waals surface area contributed by atoms with Crippen LogP contribution in [0.3, 0.4) is 0 Å². The third-order valence-corrected chi connectivity index (χ3v) is 6.50. The highest BCUT2D eigenvalue weighted by atomic mass is 16.2. The van der Waals surface area contributed by atoms with Gasteiger partial charge in [0.2, 0.25) is 5.91 Å². The smallest absolute Gasteiger partial charge is 0.253 e. The summed E-state index contributed by atoms with van der Waals surface area (Å²) in [6, 6.07) is 18.0. The largest absolute Gasteiger partial charge is 0.349 e. The molecule has 1 atom stereocenters. The van der Waals surface area contributed by atoms with Crippen molar-refractivity contribution in [2.24, 2.45) is 5.92 Å². The van der Waals surface area contributed by atoms with Crippen LogP contribution >= 0.6 is 0 Å². The number of anilines is 1. The van der Waals surface area contributed by atoms with E-state index in [1.807, 2.05) is 24.3 Å². The summed E-state index contributed by atoms with van der Waals surface area (Å²) in [5.74, 6) is -0.139. The Bertz CT molecular complexity index is 877. The van der Waals surface area contributed by atoms with Crippen molar-refractivity contribution >= 4 is 17.5 Å². The number of nitrogens with zero attached hydrogens (tertiary/aromatic N) is 1. The van der Waals surface area contributed by atoms with E-state index in [1.54, 1.807) is 6.07 Å². The van der Waals surface area contributed by atoms with E-state index in [1.165, 1.54) is 24.8 Å². The lowest BCUT2D eigenvalue weighted by atomic mass is 9.95. The number of hydrogen-bond donors (Lipinski definition) is 2.